The summed E-state index contributed by atoms with van der Waals surface area (Å²) in [5, 5.41) is 2.95. The highest BCUT2D eigenvalue weighted by molar-refractivity contribution is 5.76. The Labute approximate surface area is 142 Å². The summed E-state index contributed by atoms with van der Waals surface area (Å²) < 4.78 is 13.1. The number of carbonyl (C=O) groups excluding carboxylic acids is 1. The van der Waals surface area contributed by atoms with E-state index in [1.165, 1.54) is 12.1 Å². The highest BCUT2D eigenvalue weighted by atomic mass is 19.1. The van der Waals surface area contributed by atoms with Gasteiger partial charge in [0.1, 0.15) is 5.82 Å². The van der Waals surface area contributed by atoms with Crippen LogP contribution in [0, 0.1) is 5.82 Å². The predicted molar refractivity (Wildman–Crippen MR) is 95.0 cm³/mol. The molecule has 5 heteroatoms. The molecule has 0 aliphatic carbocycles. The van der Waals surface area contributed by atoms with Crippen LogP contribution in [0.1, 0.15) is 23.6 Å². The molecule has 4 nitrogen and oxygen atoms in total. The Bertz CT molecular complexity index is 671. The van der Waals surface area contributed by atoms with Crippen LogP contribution in [-0.4, -0.2) is 31.4 Å². The van der Waals surface area contributed by atoms with E-state index in [1.807, 2.05) is 43.3 Å². The van der Waals surface area contributed by atoms with Gasteiger partial charge in [-0.25, -0.2) is 4.39 Å². The topological polar surface area (TPSA) is 58.4 Å². The number of nitrogens with two attached hydrogens (primary N) is 1. The van der Waals surface area contributed by atoms with E-state index in [2.05, 4.69) is 5.32 Å². The van der Waals surface area contributed by atoms with Gasteiger partial charge in [0.15, 0.2) is 0 Å². The van der Waals surface area contributed by atoms with Crippen LogP contribution in [0.3, 0.4) is 0 Å². The van der Waals surface area contributed by atoms with E-state index in [-0.39, 0.29) is 17.8 Å². The molecule has 2 aromatic carbocycles. The van der Waals surface area contributed by atoms with Gasteiger partial charge in [-0.15, -0.1) is 0 Å². The Hall–Kier alpha value is -2.40. The summed E-state index contributed by atoms with van der Waals surface area (Å²) in [5.41, 5.74) is 8.55. The Kier molecular flexibility index (Phi) is 6.32. The van der Waals surface area contributed by atoms with E-state index >= 15 is 0 Å². The Morgan fingerprint density at radius 1 is 1.17 bits per heavy atom. The first kappa shape index (κ1) is 17.9. The zero-order valence-electron chi connectivity index (χ0n) is 14.1. The molecular formula is C19H24FN3O. The summed E-state index contributed by atoms with van der Waals surface area (Å²) in [6.45, 7) is 0.474. The van der Waals surface area contributed by atoms with Crippen molar-refractivity contribution in [1.82, 2.24) is 10.2 Å². The molecule has 1 amide bonds. The number of halogens is 1. The molecule has 0 saturated heterocycles. The zero-order valence-corrected chi connectivity index (χ0v) is 14.1. The molecule has 3 N–H and O–H groups in total. The smallest absolute Gasteiger partial charge is 0.220 e. The molecule has 1 atom stereocenters. The molecule has 0 fully saturated rings. The van der Waals surface area contributed by atoms with Crippen LogP contribution in [0.4, 0.5) is 10.1 Å². The van der Waals surface area contributed by atoms with Gasteiger partial charge in [0.2, 0.25) is 5.91 Å². The average molecular weight is 329 g/mol. The molecule has 1 unspecified atom stereocenters. The predicted octanol–water partition coefficient (Wildman–Crippen LogP) is 2.76. The number of benzene rings is 2. The third kappa shape index (κ3) is 5.06. The van der Waals surface area contributed by atoms with E-state index in [0.29, 0.717) is 25.1 Å². The van der Waals surface area contributed by atoms with Crippen molar-refractivity contribution in [2.75, 3.05) is 26.4 Å². The Balaban J connectivity index is 1.88. The maximum absolute atomic E-state index is 13.1. The van der Waals surface area contributed by atoms with E-state index < -0.39 is 0 Å². The van der Waals surface area contributed by atoms with Crippen LogP contribution in [0.15, 0.2) is 48.5 Å². The highest BCUT2D eigenvalue weighted by Gasteiger charge is 2.15. The molecule has 0 bridgehead atoms. The lowest BCUT2D eigenvalue weighted by molar-refractivity contribution is -0.121. The summed E-state index contributed by atoms with van der Waals surface area (Å²) in [5.74, 6) is -0.284. The summed E-state index contributed by atoms with van der Waals surface area (Å²) in [7, 11) is 3.87. The van der Waals surface area contributed by atoms with Gasteiger partial charge in [-0.05, 0) is 49.8 Å². The summed E-state index contributed by atoms with van der Waals surface area (Å²) in [6, 6.07) is 13.9. The molecule has 0 saturated carbocycles. The zero-order chi connectivity index (χ0) is 17.5. The van der Waals surface area contributed by atoms with Crippen molar-refractivity contribution >= 4 is 11.6 Å². The minimum absolute atomic E-state index is 0.00338. The van der Waals surface area contributed by atoms with Crippen LogP contribution >= 0.6 is 0 Å². The number of hydrogen-bond donors (Lipinski definition) is 2. The normalized spacial score (nSPS) is 12.2. The van der Waals surface area contributed by atoms with Gasteiger partial charge in [0.05, 0.1) is 6.04 Å². The quantitative estimate of drug-likeness (QED) is 0.768. The summed E-state index contributed by atoms with van der Waals surface area (Å²) in [6.07, 6.45) is 0.999. The molecule has 0 aliphatic rings. The van der Waals surface area contributed by atoms with Crippen LogP contribution in [0.5, 0.6) is 0 Å². The van der Waals surface area contributed by atoms with Crippen molar-refractivity contribution in [3.63, 3.8) is 0 Å². The van der Waals surface area contributed by atoms with Crippen molar-refractivity contribution in [2.45, 2.75) is 18.9 Å². The minimum atomic E-state index is -0.263. The fourth-order valence-corrected chi connectivity index (χ4v) is 2.59. The highest BCUT2D eigenvalue weighted by Crippen LogP contribution is 2.18. The SMILES string of the molecule is CN(C)C(CNC(=O)CCc1ccccc1N)c1ccc(F)cc1. The largest absolute Gasteiger partial charge is 0.399 e. The van der Waals surface area contributed by atoms with Crippen molar-refractivity contribution in [3.05, 3.63) is 65.5 Å². The van der Waals surface area contributed by atoms with Crippen molar-refractivity contribution in [3.8, 4) is 0 Å². The molecule has 0 aromatic heterocycles. The summed E-state index contributed by atoms with van der Waals surface area (Å²) >= 11 is 0. The third-order valence-corrected chi connectivity index (χ3v) is 4.05. The van der Waals surface area contributed by atoms with Crippen LogP contribution in [0.2, 0.25) is 0 Å². The average Bonchev–Trinajstić information content (AvgIpc) is 2.55. The number of nitrogen functional groups attached to an aromatic ring is 1. The number of aryl methyl sites for hydroxylation is 1. The van der Waals surface area contributed by atoms with Crippen LogP contribution in [0.25, 0.3) is 0 Å². The Morgan fingerprint density at radius 2 is 1.83 bits per heavy atom. The van der Waals surface area contributed by atoms with Gasteiger partial charge < -0.3 is 16.0 Å². The molecule has 0 radical (unpaired) electrons. The van der Waals surface area contributed by atoms with E-state index in [0.717, 1.165) is 11.1 Å². The van der Waals surface area contributed by atoms with Crippen LogP contribution < -0.4 is 11.1 Å². The van der Waals surface area contributed by atoms with Crippen LogP contribution in [-0.2, 0) is 11.2 Å². The number of carbonyl (C=O) groups is 1. The lowest BCUT2D eigenvalue weighted by atomic mass is 10.1. The lowest BCUT2D eigenvalue weighted by Crippen LogP contribution is -2.34. The second kappa shape index (κ2) is 8.45. The van der Waals surface area contributed by atoms with Crippen molar-refractivity contribution in [1.29, 1.82) is 0 Å². The van der Waals surface area contributed by atoms with Gasteiger partial charge >= 0.3 is 0 Å². The second-order valence-corrected chi connectivity index (χ2v) is 6.03. The lowest BCUT2D eigenvalue weighted by Gasteiger charge is -2.25. The Morgan fingerprint density at radius 3 is 2.46 bits per heavy atom. The molecule has 2 aromatic rings. The number of likely N-dealkylation sites (N-methyl/N-ethyl adjacent to an activating group) is 1. The van der Waals surface area contributed by atoms with Gasteiger partial charge in [-0.3, -0.25) is 4.79 Å². The number of rotatable bonds is 7. The number of anilines is 1. The van der Waals surface area contributed by atoms with E-state index in [1.54, 1.807) is 12.1 Å². The van der Waals surface area contributed by atoms with E-state index in [9.17, 15) is 9.18 Å². The molecule has 0 aliphatic heterocycles. The molecule has 128 valence electrons. The van der Waals surface area contributed by atoms with Gasteiger partial charge in [0.25, 0.3) is 0 Å². The molecule has 0 spiro atoms. The summed E-state index contributed by atoms with van der Waals surface area (Å²) in [4.78, 5) is 14.1. The first-order valence-corrected chi connectivity index (χ1v) is 7.99. The van der Waals surface area contributed by atoms with Gasteiger partial charge in [-0.2, -0.15) is 0 Å². The van der Waals surface area contributed by atoms with E-state index in [4.69, 9.17) is 5.73 Å². The fraction of sp³-hybridized carbons (Fsp3) is 0.316. The first-order chi connectivity index (χ1) is 11.5. The number of nitrogens with zero attached hydrogens (tertiary/aromatic N) is 1. The number of hydrogen-bond acceptors (Lipinski definition) is 3. The second-order valence-electron chi connectivity index (χ2n) is 6.03. The van der Waals surface area contributed by atoms with Gasteiger partial charge in [0, 0.05) is 18.7 Å². The maximum Gasteiger partial charge on any atom is 0.220 e. The monoisotopic (exact) mass is 329 g/mol. The minimum Gasteiger partial charge on any atom is -0.399 e. The molecule has 2 rings (SSSR count). The number of nitrogens with one attached hydrogen (secondary N) is 1. The molecular weight excluding hydrogens is 305 g/mol. The van der Waals surface area contributed by atoms with Gasteiger partial charge in [-0.1, -0.05) is 30.3 Å². The van der Waals surface area contributed by atoms with Crippen molar-refractivity contribution < 1.29 is 9.18 Å². The standard InChI is InChI=1S/C19H24FN3O/c1-23(2)18(15-7-10-16(20)11-8-15)13-22-19(24)12-9-14-5-3-4-6-17(14)21/h3-8,10-11,18H,9,12-13,21H2,1-2H3,(H,22,24). The number of para-hydroxylation sites is 1. The first-order valence-electron chi connectivity index (χ1n) is 7.99. The van der Waals surface area contributed by atoms with Crippen molar-refractivity contribution in [2.24, 2.45) is 0 Å². The third-order valence-electron chi connectivity index (χ3n) is 4.05. The molecule has 24 heavy (non-hydrogen) atoms. The number of amides is 1. The maximum atomic E-state index is 13.1. The fourth-order valence-electron chi connectivity index (χ4n) is 2.59. The molecule has 0 heterocycles.